The Morgan fingerprint density at radius 1 is 1.62 bits per heavy atom. The van der Waals surface area contributed by atoms with E-state index in [9.17, 15) is 4.79 Å². The highest BCUT2D eigenvalue weighted by atomic mass is 32.1. The molecule has 0 bridgehead atoms. The average Bonchev–Trinajstić information content (AvgIpc) is 2.71. The van der Waals surface area contributed by atoms with Crippen molar-refractivity contribution in [2.24, 2.45) is 7.05 Å². The lowest BCUT2D eigenvalue weighted by Gasteiger charge is -1.90. The van der Waals surface area contributed by atoms with Gasteiger partial charge in [0, 0.05) is 24.2 Å². The number of hydrogen-bond donors (Lipinski definition) is 0. The monoisotopic (exact) mass is 192 g/mol. The third-order valence-corrected chi connectivity index (χ3v) is 2.46. The lowest BCUT2D eigenvalue weighted by atomic mass is 10.2. The molecule has 66 valence electrons. The SMILES string of the molecule is Cn1cc(C=O)c(-c2ccsc2)n1. The molecule has 0 spiro atoms. The molecule has 3 nitrogen and oxygen atoms in total. The van der Waals surface area contributed by atoms with Gasteiger partial charge >= 0.3 is 0 Å². The lowest BCUT2D eigenvalue weighted by Crippen LogP contribution is -1.86. The number of hydrogen-bond acceptors (Lipinski definition) is 3. The molecule has 0 atom stereocenters. The molecule has 0 unspecified atom stereocenters. The van der Waals surface area contributed by atoms with Crippen molar-refractivity contribution in [3.05, 3.63) is 28.6 Å². The number of nitrogens with zero attached hydrogens (tertiary/aromatic N) is 2. The summed E-state index contributed by atoms with van der Waals surface area (Å²) in [7, 11) is 1.81. The first-order valence-corrected chi connectivity index (χ1v) is 4.77. The van der Waals surface area contributed by atoms with Crippen molar-refractivity contribution in [2.75, 3.05) is 0 Å². The van der Waals surface area contributed by atoms with E-state index in [1.807, 2.05) is 23.9 Å². The minimum Gasteiger partial charge on any atom is -0.298 e. The number of aromatic nitrogens is 2. The van der Waals surface area contributed by atoms with Gasteiger partial charge in [0.1, 0.15) is 5.69 Å². The summed E-state index contributed by atoms with van der Waals surface area (Å²) in [6.45, 7) is 0. The zero-order valence-corrected chi connectivity index (χ0v) is 7.91. The predicted molar refractivity (Wildman–Crippen MR) is 51.9 cm³/mol. The van der Waals surface area contributed by atoms with Gasteiger partial charge < -0.3 is 0 Å². The average molecular weight is 192 g/mol. The molecule has 0 aromatic carbocycles. The van der Waals surface area contributed by atoms with Crippen molar-refractivity contribution in [2.45, 2.75) is 0 Å². The number of carbonyl (C=O) groups is 1. The molecular formula is C9H8N2OS. The van der Waals surface area contributed by atoms with E-state index in [1.54, 1.807) is 22.2 Å². The molecule has 4 heteroatoms. The summed E-state index contributed by atoms with van der Waals surface area (Å²) in [4.78, 5) is 10.7. The molecule has 0 amide bonds. The molecule has 2 aromatic rings. The number of thiophene rings is 1. The van der Waals surface area contributed by atoms with Crippen molar-refractivity contribution in [1.29, 1.82) is 0 Å². The van der Waals surface area contributed by atoms with Crippen LogP contribution in [-0.2, 0) is 7.05 Å². The summed E-state index contributed by atoms with van der Waals surface area (Å²) in [5.74, 6) is 0. The molecule has 0 aliphatic carbocycles. The third-order valence-electron chi connectivity index (χ3n) is 1.78. The summed E-state index contributed by atoms with van der Waals surface area (Å²) in [6.07, 6.45) is 2.56. The second-order valence-corrected chi connectivity index (χ2v) is 3.52. The first kappa shape index (κ1) is 8.19. The fraction of sp³-hybridized carbons (Fsp3) is 0.111. The Morgan fingerprint density at radius 2 is 2.46 bits per heavy atom. The molecule has 0 aliphatic rings. The van der Waals surface area contributed by atoms with E-state index in [1.165, 1.54) is 0 Å². The van der Waals surface area contributed by atoms with Gasteiger partial charge in [0.15, 0.2) is 6.29 Å². The first-order chi connectivity index (χ1) is 6.31. The quantitative estimate of drug-likeness (QED) is 0.682. The largest absolute Gasteiger partial charge is 0.298 e. The van der Waals surface area contributed by atoms with Crippen LogP contribution >= 0.6 is 11.3 Å². The third kappa shape index (κ3) is 1.40. The molecule has 0 saturated carbocycles. The van der Waals surface area contributed by atoms with E-state index in [-0.39, 0.29) is 0 Å². The number of aryl methyl sites for hydroxylation is 1. The van der Waals surface area contributed by atoms with E-state index in [0.29, 0.717) is 5.56 Å². The fourth-order valence-electron chi connectivity index (χ4n) is 1.22. The molecule has 2 rings (SSSR count). The molecule has 0 aliphatic heterocycles. The van der Waals surface area contributed by atoms with Crippen LogP contribution in [-0.4, -0.2) is 16.1 Å². The first-order valence-electron chi connectivity index (χ1n) is 3.82. The topological polar surface area (TPSA) is 34.9 Å². The molecule has 2 aromatic heterocycles. The standard InChI is InChI=1S/C9H8N2OS/c1-11-4-8(5-12)9(10-11)7-2-3-13-6-7/h2-6H,1H3. The predicted octanol–water partition coefficient (Wildman–Crippen LogP) is 1.96. The van der Waals surface area contributed by atoms with E-state index in [0.717, 1.165) is 17.5 Å². The van der Waals surface area contributed by atoms with Gasteiger partial charge in [-0.25, -0.2) is 0 Å². The maximum Gasteiger partial charge on any atom is 0.153 e. The Kier molecular flexibility index (Phi) is 1.98. The van der Waals surface area contributed by atoms with Gasteiger partial charge in [-0.05, 0) is 11.4 Å². The molecule has 13 heavy (non-hydrogen) atoms. The summed E-state index contributed by atoms with van der Waals surface area (Å²) < 4.78 is 1.65. The Morgan fingerprint density at radius 3 is 3.08 bits per heavy atom. The van der Waals surface area contributed by atoms with Gasteiger partial charge in [0.2, 0.25) is 0 Å². The Hall–Kier alpha value is -1.42. The number of rotatable bonds is 2. The highest BCUT2D eigenvalue weighted by Gasteiger charge is 2.08. The van der Waals surface area contributed by atoms with Crippen LogP contribution in [0.2, 0.25) is 0 Å². The Labute approximate surface area is 79.6 Å². The Bertz CT molecular complexity index is 417. The van der Waals surface area contributed by atoms with Crippen molar-refractivity contribution in [1.82, 2.24) is 9.78 Å². The smallest absolute Gasteiger partial charge is 0.153 e. The molecule has 0 N–H and O–H groups in total. The minimum absolute atomic E-state index is 0.640. The normalized spacial score (nSPS) is 10.2. The molecule has 0 radical (unpaired) electrons. The van der Waals surface area contributed by atoms with Gasteiger partial charge in [0.05, 0.1) is 5.56 Å². The number of aldehydes is 1. The second-order valence-electron chi connectivity index (χ2n) is 2.74. The zero-order valence-electron chi connectivity index (χ0n) is 7.10. The van der Waals surface area contributed by atoms with Crippen LogP contribution in [0.5, 0.6) is 0 Å². The molecule has 0 saturated heterocycles. The Balaban J connectivity index is 2.56. The van der Waals surface area contributed by atoms with Gasteiger partial charge in [-0.15, -0.1) is 0 Å². The lowest BCUT2D eigenvalue weighted by molar-refractivity contribution is 0.112. The van der Waals surface area contributed by atoms with E-state index in [4.69, 9.17) is 0 Å². The van der Waals surface area contributed by atoms with Crippen LogP contribution in [0, 0.1) is 0 Å². The van der Waals surface area contributed by atoms with Crippen molar-refractivity contribution < 1.29 is 4.79 Å². The van der Waals surface area contributed by atoms with E-state index in [2.05, 4.69) is 5.10 Å². The zero-order chi connectivity index (χ0) is 9.26. The van der Waals surface area contributed by atoms with Gasteiger partial charge in [-0.1, -0.05) is 0 Å². The molecule has 0 fully saturated rings. The highest BCUT2D eigenvalue weighted by molar-refractivity contribution is 7.08. The van der Waals surface area contributed by atoms with Crippen molar-refractivity contribution in [3.63, 3.8) is 0 Å². The maximum absolute atomic E-state index is 10.7. The molecular weight excluding hydrogens is 184 g/mol. The van der Waals surface area contributed by atoms with Gasteiger partial charge in [-0.3, -0.25) is 9.48 Å². The highest BCUT2D eigenvalue weighted by Crippen LogP contribution is 2.22. The van der Waals surface area contributed by atoms with Gasteiger partial charge in [0.25, 0.3) is 0 Å². The second kappa shape index (κ2) is 3.14. The number of carbonyl (C=O) groups excluding carboxylic acids is 1. The summed E-state index contributed by atoms with van der Waals surface area (Å²) >= 11 is 1.60. The van der Waals surface area contributed by atoms with E-state index < -0.39 is 0 Å². The fourth-order valence-corrected chi connectivity index (χ4v) is 1.86. The minimum atomic E-state index is 0.640. The molecule has 2 heterocycles. The van der Waals surface area contributed by atoms with Crippen LogP contribution in [0.4, 0.5) is 0 Å². The van der Waals surface area contributed by atoms with Gasteiger partial charge in [-0.2, -0.15) is 16.4 Å². The summed E-state index contributed by atoms with van der Waals surface area (Å²) in [5, 5.41) is 8.17. The van der Waals surface area contributed by atoms with Crippen molar-refractivity contribution in [3.8, 4) is 11.3 Å². The van der Waals surface area contributed by atoms with Crippen molar-refractivity contribution >= 4 is 17.6 Å². The summed E-state index contributed by atoms with van der Waals surface area (Å²) in [5.41, 5.74) is 2.41. The van der Waals surface area contributed by atoms with Crippen LogP contribution in [0.1, 0.15) is 10.4 Å². The maximum atomic E-state index is 10.7. The van der Waals surface area contributed by atoms with Crippen LogP contribution in [0.25, 0.3) is 11.3 Å². The van der Waals surface area contributed by atoms with Crippen LogP contribution < -0.4 is 0 Å². The summed E-state index contributed by atoms with van der Waals surface area (Å²) in [6, 6.07) is 1.96. The van der Waals surface area contributed by atoms with E-state index >= 15 is 0 Å². The van der Waals surface area contributed by atoms with Crippen LogP contribution in [0.3, 0.4) is 0 Å². The van der Waals surface area contributed by atoms with Crippen LogP contribution in [0.15, 0.2) is 23.0 Å².